The molecule has 2 aromatic heterocycles. The Morgan fingerprint density at radius 1 is 1.36 bits per heavy atom. The van der Waals surface area contributed by atoms with Gasteiger partial charge < -0.3 is 14.8 Å². The van der Waals surface area contributed by atoms with Crippen LogP contribution in [0.5, 0.6) is 5.88 Å². The molecule has 8 heteroatoms. The lowest BCUT2D eigenvalue weighted by Gasteiger charge is -2.33. The van der Waals surface area contributed by atoms with Crippen LogP contribution in [0.4, 0.5) is 0 Å². The molecule has 0 aromatic carbocycles. The van der Waals surface area contributed by atoms with E-state index in [-0.39, 0.29) is 11.9 Å². The van der Waals surface area contributed by atoms with Crippen molar-refractivity contribution in [1.82, 2.24) is 25.0 Å². The second kappa shape index (κ2) is 8.09. The second-order valence-electron chi connectivity index (χ2n) is 5.91. The lowest BCUT2D eigenvalue weighted by atomic mass is 10.1. The van der Waals surface area contributed by atoms with Crippen molar-refractivity contribution in [3.63, 3.8) is 0 Å². The molecule has 25 heavy (non-hydrogen) atoms. The molecule has 0 saturated heterocycles. The third-order valence-electron chi connectivity index (χ3n) is 4.21. The Hall–Kier alpha value is -2.45. The fraction of sp³-hybridized carbons (Fsp3) is 0.471. The average molecular weight is 345 g/mol. The molecule has 0 bridgehead atoms. The smallest absolute Gasteiger partial charge is 0.246 e. The summed E-state index contributed by atoms with van der Waals surface area (Å²) in [4.78, 5) is 19.0. The first kappa shape index (κ1) is 17.4. The Morgan fingerprint density at radius 3 is 3.04 bits per heavy atom. The van der Waals surface area contributed by atoms with Gasteiger partial charge in [0, 0.05) is 51.2 Å². The fourth-order valence-electron chi connectivity index (χ4n) is 3.04. The van der Waals surface area contributed by atoms with Crippen molar-refractivity contribution >= 4 is 5.91 Å². The number of methoxy groups -OCH3 is 2. The number of amides is 1. The van der Waals surface area contributed by atoms with Gasteiger partial charge in [0.1, 0.15) is 6.04 Å². The number of fused-ring (bicyclic) bond motifs is 1. The van der Waals surface area contributed by atoms with E-state index in [0.29, 0.717) is 32.1 Å². The number of aromatic nitrogens is 3. The molecule has 134 valence electrons. The highest BCUT2D eigenvalue weighted by atomic mass is 16.5. The second-order valence-corrected chi connectivity index (χ2v) is 5.91. The number of hydrogen-bond acceptors (Lipinski definition) is 6. The summed E-state index contributed by atoms with van der Waals surface area (Å²) < 4.78 is 12.1. The Morgan fingerprint density at radius 2 is 2.24 bits per heavy atom. The molecule has 8 nitrogen and oxygen atoms in total. The molecule has 1 N–H and O–H groups in total. The monoisotopic (exact) mass is 345 g/mol. The standard InChI is InChI=1S/C17H23N5O3/c1-24-9-8-18-16(23)15-12-21(11-14-5-7-20-22(14)15)10-13-4-3-6-19-17(13)25-2/h3-7,15H,8-12H2,1-2H3,(H,18,23). The van der Waals surface area contributed by atoms with E-state index in [4.69, 9.17) is 9.47 Å². The first-order valence-electron chi connectivity index (χ1n) is 8.22. The van der Waals surface area contributed by atoms with Gasteiger partial charge in [-0.3, -0.25) is 14.4 Å². The molecule has 0 aliphatic carbocycles. The predicted octanol–water partition coefficient (Wildman–Crippen LogP) is 0.606. The molecular weight excluding hydrogens is 322 g/mol. The van der Waals surface area contributed by atoms with Gasteiger partial charge in [-0.15, -0.1) is 0 Å². The first-order chi connectivity index (χ1) is 12.2. The van der Waals surface area contributed by atoms with Crippen LogP contribution >= 0.6 is 0 Å². The van der Waals surface area contributed by atoms with Crippen LogP contribution in [-0.2, 0) is 22.6 Å². The number of ether oxygens (including phenoxy) is 2. The van der Waals surface area contributed by atoms with E-state index >= 15 is 0 Å². The first-order valence-corrected chi connectivity index (χ1v) is 8.22. The van der Waals surface area contributed by atoms with E-state index in [1.54, 1.807) is 31.3 Å². The molecular formula is C17H23N5O3. The molecule has 0 fully saturated rings. The number of hydrogen-bond donors (Lipinski definition) is 1. The maximum atomic E-state index is 12.6. The van der Waals surface area contributed by atoms with Gasteiger partial charge in [0.25, 0.3) is 0 Å². The van der Waals surface area contributed by atoms with Crippen LogP contribution in [-0.4, -0.2) is 59.5 Å². The van der Waals surface area contributed by atoms with Gasteiger partial charge in [0.15, 0.2) is 0 Å². The summed E-state index contributed by atoms with van der Waals surface area (Å²) in [5, 5.41) is 7.23. The minimum absolute atomic E-state index is 0.0511. The number of carbonyl (C=O) groups excluding carboxylic acids is 1. The topological polar surface area (TPSA) is 81.5 Å². The number of nitrogens with one attached hydrogen (secondary N) is 1. The van der Waals surface area contributed by atoms with Crippen molar-refractivity contribution in [1.29, 1.82) is 0 Å². The summed E-state index contributed by atoms with van der Waals surface area (Å²) in [5.41, 5.74) is 2.01. The van der Waals surface area contributed by atoms with Gasteiger partial charge in [-0.1, -0.05) is 6.07 Å². The zero-order valence-corrected chi connectivity index (χ0v) is 14.5. The van der Waals surface area contributed by atoms with E-state index in [1.807, 2.05) is 18.2 Å². The van der Waals surface area contributed by atoms with Crippen molar-refractivity contribution in [3.05, 3.63) is 41.9 Å². The highest BCUT2D eigenvalue weighted by molar-refractivity contribution is 5.80. The van der Waals surface area contributed by atoms with Gasteiger partial charge in [0.2, 0.25) is 11.8 Å². The zero-order valence-electron chi connectivity index (χ0n) is 14.5. The summed E-state index contributed by atoms with van der Waals surface area (Å²) >= 11 is 0. The number of pyridine rings is 1. The quantitative estimate of drug-likeness (QED) is 0.741. The van der Waals surface area contributed by atoms with Crippen molar-refractivity contribution in [3.8, 4) is 5.88 Å². The fourth-order valence-corrected chi connectivity index (χ4v) is 3.04. The van der Waals surface area contributed by atoms with Crippen LogP contribution in [0.25, 0.3) is 0 Å². The molecule has 0 radical (unpaired) electrons. The van der Waals surface area contributed by atoms with Gasteiger partial charge in [-0.05, 0) is 12.1 Å². The van der Waals surface area contributed by atoms with Crippen LogP contribution < -0.4 is 10.1 Å². The third kappa shape index (κ3) is 3.97. The molecule has 1 amide bonds. The summed E-state index contributed by atoms with van der Waals surface area (Å²) in [6.07, 6.45) is 3.44. The van der Waals surface area contributed by atoms with E-state index in [0.717, 1.165) is 17.8 Å². The lowest BCUT2D eigenvalue weighted by Crippen LogP contribution is -2.45. The summed E-state index contributed by atoms with van der Waals surface area (Å²) in [6.45, 7) is 2.93. The van der Waals surface area contributed by atoms with E-state index in [9.17, 15) is 4.79 Å². The zero-order chi connectivity index (χ0) is 17.6. The molecule has 0 saturated carbocycles. The number of carbonyl (C=O) groups is 1. The predicted molar refractivity (Wildman–Crippen MR) is 91.1 cm³/mol. The molecule has 3 heterocycles. The highest BCUT2D eigenvalue weighted by Gasteiger charge is 2.31. The molecule has 3 rings (SSSR count). The molecule has 1 unspecified atom stereocenters. The molecule has 1 aliphatic heterocycles. The van der Waals surface area contributed by atoms with E-state index < -0.39 is 0 Å². The van der Waals surface area contributed by atoms with Gasteiger partial charge in [-0.2, -0.15) is 5.10 Å². The van der Waals surface area contributed by atoms with Crippen molar-refractivity contribution < 1.29 is 14.3 Å². The summed E-state index contributed by atoms with van der Waals surface area (Å²) in [5.74, 6) is 0.563. The Bertz CT molecular complexity index is 718. The van der Waals surface area contributed by atoms with Crippen LogP contribution in [0.2, 0.25) is 0 Å². The lowest BCUT2D eigenvalue weighted by molar-refractivity contribution is -0.126. The molecule has 2 aromatic rings. The Balaban J connectivity index is 1.74. The SMILES string of the molecule is COCCNC(=O)C1CN(Cc2cccnc2OC)Cc2ccnn21. The Labute approximate surface area is 146 Å². The third-order valence-corrected chi connectivity index (χ3v) is 4.21. The van der Waals surface area contributed by atoms with Gasteiger partial charge in [-0.25, -0.2) is 4.98 Å². The highest BCUT2D eigenvalue weighted by Crippen LogP contribution is 2.24. The van der Waals surface area contributed by atoms with Gasteiger partial charge in [0.05, 0.1) is 19.4 Å². The van der Waals surface area contributed by atoms with Crippen molar-refractivity contribution in [2.75, 3.05) is 33.9 Å². The molecule has 1 atom stereocenters. The Kier molecular flexibility index (Phi) is 5.62. The van der Waals surface area contributed by atoms with Crippen LogP contribution in [0.3, 0.4) is 0 Å². The number of nitrogens with zero attached hydrogens (tertiary/aromatic N) is 4. The summed E-state index contributed by atoms with van der Waals surface area (Å²) in [7, 11) is 3.23. The van der Waals surface area contributed by atoms with E-state index in [1.165, 1.54) is 0 Å². The van der Waals surface area contributed by atoms with Crippen LogP contribution in [0, 0.1) is 0 Å². The minimum atomic E-state index is -0.363. The van der Waals surface area contributed by atoms with Crippen LogP contribution in [0.1, 0.15) is 17.3 Å². The van der Waals surface area contributed by atoms with E-state index in [2.05, 4.69) is 20.3 Å². The average Bonchev–Trinajstić information content (AvgIpc) is 3.10. The summed E-state index contributed by atoms with van der Waals surface area (Å²) in [6, 6.07) is 5.47. The van der Waals surface area contributed by atoms with Crippen LogP contribution in [0.15, 0.2) is 30.6 Å². The van der Waals surface area contributed by atoms with Crippen molar-refractivity contribution in [2.24, 2.45) is 0 Å². The number of rotatable bonds is 7. The molecule has 1 aliphatic rings. The van der Waals surface area contributed by atoms with Crippen molar-refractivity contribution in [2.45, 2.75) is 19.1 Å². The maximum Gasteiger partial charge on any atom is 0.246 e. The maximum absolute atomic E-state index is 12.6. The van der Waals surface area contributed by atoms with Gasteiger partial charge >= 0.3 is 0 Å². The largest absolute Gasteiger partial charge is 0.481 e. The minimum Gasteiger partial charge on any atom is -0.481 e. The normalized spacial score (nSPS) is 17.1. The molecule has 0 spiro atoms.